The zero-order valence-corrected chi connectivity index (χ0v) is 14.2. The molecular weight excluding hydrogens is 302 g/mol. The number of hydrogen-bond acceptors (Lipinski definition) is 3. The molecule has 2 fully saturated rings. The smallest absolute Gasteiger partial charge is 0.246 e. The van der Waals surface area contributed by atoms with Crippen LogP contribution in [0.1, 0.15) is 43.5 Å². The highest BCUT2D eigenvalue weighted by Gasteiger charge is 2.39. The Kier molecular flexibility index (Phi) is 4.27. The molecule has 2 aliphatic rings. The van der Waals surface area contributed by atoms with Crippen LogP contribution in [0.3, 0.4) is 0 Å². The van der Waals surface area contributed by atoms with E-state index in [4.69, 9.17) is 4.74 Å². The minimum absolute atomic E-state index is 0.000147. The molecule has 5 nitrogen and oxygen atoms in total. The minimum Gasteiger partial charge on any atom is -0.364 e. The lowest BCUT2D eigenvalue weighted by Crippen LogP contribution is -2.39. The predicted molar refractivity (Wildman–Crippen MR) is 92.5 cm³/mol. The fourth-order valence-electron chi connectivity index (χ4n) is 4.52. The number of H-pyrrole nitrogens is 1. The third-order valence-corrected chi connectivity index (χ3v) is 5.66. The summed E-state index contributed by atoms with van der Waals surface area (Å²) in [6, 6.07) is 6.41. The summed E-state index contributed by atoms with van der Waals surface area (Å²) in [5.74, 6) is 2.31. The van der Waals surface area contributed by atoms with Gasteiger partial charge >= 0.3 is 0 Å². The van der Waals surface area contributed by atoms with Gasteiger partial charge in [-0.1, -0.05) is 25.0 Å². The summed E-state index contributed by atoms with van der Waals surface area (Å²) in [4.78, 5) is 19.9. The summed E-state index contributed by atoms with van der Waals surface area (Å²) in [6.07, 6.45) is 6.34. The highest BCUT2D eigenvalue weighted by atomic mass is 16.5. The standard InChI is InChI=1S/C19H25N3O2/c1-12-4-2-7-16-19(12)22-17(20-16)10-24-11-18(23)21-15-9-8-13-5-3-6-14(13)15/h2,4,7,13-15H,3,5-6,8-11H2,1H3,(H,20,22)(H,21,23). The van der Waals surface area contributed by atoms with Crippen LogP contribution in [0.5, 0.6) is 0 Å². The fraction of sp³-hybridized carbons (Fsp3) is 0.579. The van der Waals surface area contributed by atoms with E-state index in [1.807, 2.05) is 25.1 Å². The zero-order chi connectivity index (χ0) is 16.5. The summed E-state index contributed by atoms with van der Waals surface area (Å²) in [6.45, 7) is 2.47. The molecule has 0 bridgehead atoms. The number of rotatable bonds is 5. The molecule has 3 atom stereocenters. The maximum absolute atomic E-state index is 12.1. The average Bonchev–Trinajstić information content (AvgIpc) is 3.24. The molecular formula is C19H25N3O2. The lowest BCUT2D eigenvalue weighted by Gasteiger charge is -2.19. The normalized spacial score (nSPS) is 26.0. The number of amides is 1. The molecule has 0 radical (unpaired) electrons. The van der Waals surface area contributed by atoms with E-state index in [1.54, 1.807) is 0 Å². The molecule has 2 N–H and O–H groups in total. The van der Waals surface area contributed by atoms with Crippen LogP contribution in [0.25, 0.3) is 11.0 Å². The van der Waals surface area contributed by atoms with Crippen LogP contribution in [0.2, 0.25) is 0 Å². The van der Waals surface area contributed by atoms with Crippen LogP contribution in [0.15, 0.2) is 18.2 Å². The zero-order valence-electron chi connectivity index (χ0n) is 14.2. The molecule has 1 aromatic heterocycles. The monoisotopic (exact) mass is 327 g/mol. The Morgan fingerprint density at radius 2 is 2.25 bits per heavy atom. The third-order valence-electron chi connectivity index (χ3n) is 5.66. The van der Waals surface area contributed by atoms with E-state index >= 15 is 0 Å². The molecule has 24 heavy (non-hydrogen) atoms. The van der Waals surface area contributed by atoms with Gasteiger partial charge in [0.2, 0.25) is 5.91 Å². The molecule has 4 rings (SSSR count). The second-order valence-corrected chi connectivity index (χ2v) is 7.25. The van der Waals surface area contributed by atoms with Crippen molar-refractivity contribution >= 4 is 16.9 Å². The first-order valence-electron chi connectivity index (χ1n) is 9.02. The molecule has 128 valence electrons. The van der Waals surface area contributed by atoms with Crippen molar-refractivity contribution in [3.63, 3.8) is 0 Å². The van der Waals surface area contributed by atoms with Gasteiger partial charge < -0.3 is 15.0 Å². The SMILES string of the molecule is Cc1cccc2[nH]c(COCC(=O)NC3CCC4CCCC43)nc12. The highest BCUT2D eigenvalue weighted by Crippen LogP contribution is 2.43. The molecule has 5 heteroatoms. The Morgan fingerprint density at radius 3 is 3.12 bits per heavy atom. The number of hydrogen-bond donors (Lipinski definition) is 2. The van der Waals surface area contributed by atoms with E-state index in [1.165, 1.54) is 25.7 Å². The molecule has 0 spiro atoms. The van der Waals surface area contributed by atoms with E-state index in [2.05, 4.69) is 15.3 Å². The molecule has 2 saturated carbocycles. The van der Waals surface area contributed by atoms with Crippen LogP contribution in [0.4, 0.5) is 0 Å². The topological polar surface area (TPSA) is 67.0 Å². The Balaban J connectivity index is 1.27. The quantitative estimate of drug-likeness (QED) is 0.887. The first kappa shape index (κ1) is 15.6. The van der Waals surface area contributed by atoms with Gasteiger partial charge in [0, 0.05) is 6.04 Å². The van der Waals surface area contributed by atoms with E-state index in [0.29, 0.717) is 18.6 Å². The van der Waals surface area contributed by atoms with Crippen LogP contribution in [-0.2, 0) is 16.1 Å². The van der Waals surface area contributed by atoms with Crippen molar-refractivity contribution in [2.75, 3.05) is 6.61 Å². The first-order valence-corrected chi connectivity index (χ1v) is 9.02. The van der Waals surface area contributed by atoms with Gasteiger partial charge in [-0.25, -0.2) is 4.98 Å². The molecule has 0 aliphatic heterocycles. The molecule has 1 aromatic carbocycles. The van der Waals surface area contributed by atoms with Gasteiger partial charge in [0.1, 0.15) is 19.0 Å². The van der Waals surface area contributed by atoms with E-state index in [9.17, 15) is 4.79 Å². The lowest BCUT2D eigenvalue weighted by atomic mass is 9.98. The largest absolute Gasteiger partial charge is 0.364 e. The van der Waals surface area contributed by atoms with E-state index in [-0.39, 0.29) is 12.5 Å². The number of carbonyl (C=O) groups is 1. The maximum Gasteiger partial charge on any atom is 0.246 e. The van der Waals surface area contributed by atoms with Crippen molar-refractivity contribution < 1.29 is 9.53 Å². The maximum atomic E-state index is 12.1. The second-order valence-electron chi connectivity index (χ2n) is 7.25. The van der Waals surface area contributed by atoms with Crippen molar-refractivity contribution in [1.29, 1.82) is 0 Å². The molecule has 0 saturated heterocycles. The van der Waals surface area contributed by atoms with Crippen molar-refractivity contribution in [3.05, 3.63) is 29.6 Å². The van der Waals surface area contributed by atoms with Crippen LogP contribution in [0, 0.1) is 18.8 Å². The van der Waals surface area contributed by atoms with Gasteiger partial charge in [-0.05, 0) is 49.7 Å². The molecule has 2 aromatic rings. The summed E-state index contributed by atoms with van der Waals surface area (Å²) in [5, 5.41) is 3.18. The Bertz CT molecular complexity index is 739. The van der Waals surface area contributed by atoms with Crippen molar-refractivity contribution in [2.45, 2.75) is 51.7 Å². The van der Waals surface area contributed by atoms with E-state index < -0.39 is 0 Å². The number of ether oxygens (including phenoxy) is 1. The number of fused-ring (bicyclic) bond motifs is 2. The van der Waals surface area contributed by atoms with Crippen molar-refractivity contribution in [1.82, 2.24) is 15.3 Å². The summed E-state index contributed by atoms with van der Waals surface area (Å²) in [5.41, 5.74) is 3.12. The van der Waals surface area contributed by atoms with Crippen molar-refractivity contribution in [3.8, 4) is 0 Å². The number of nitrogens with one attached hydrogen (secondary N) is 2. The second kappa shape index (κ2) is 6.55. The van der Waals surface area contributed by atoms with Crippen LogP contribution < -0.4 is 5.32 Å². The van der Waals surface area contributed by atoms with Gasteiger partial charge in [-0.2, -0.15) is 0 Å². The fourth-order valence-corrected chi connectivity index (χ4v) is 4.52. The van der Waals surface area contributed by atoms with E-state index in [0.717, 1.165) is 34.8 Å². The number of para-hydroxylation sites is 1. The van der Waals surface area contributed by atoms with Crippen LogP contribution >= 0.6 is 0 Å². The molecule has 1 heterocycles. The lowest BCUT2D eigenvalue weighted by molar-refractivity contribution is -0.127. The number of aromatic nitrogens is 2. The van der Waals surface area contributed by atoms with Crippen LogP contribution in [-0.4, -0.2) is 28.5 Å². The van der Waals surface area contributed by atoms with Gasteiger partial charge in [0.15, 0.2) is 0 Å². The predicted octanol–water partition coefficient (Wildman–Crippen LogP) is 3.08. The molecule has 3 unspecified atom stereocenters. The number of imidazole rings is 1. The summed E-state index contributed by atoms with van der Waals surface area (Å²) in [7, 11) is 0. The average molecular weight is 327 g/mol. The number of nitrogens with zero attached hydrogens (tertiary/aromatic N) is 1. The van der Waals surface area contributed by atoms with Gasteiger partial charge in [0.05, 0.1) is 11.0 Å². The third kappa shape index (κ3) is 3.05. The van der Waals surface area contributed by atoms with Gasteiger partial charge in [-0.3, -0.25) is 4.79 Å². The summed E-state index contributed by atoms with van der Waals surface area (Å²) < 4.78 is 5.57. The van der Waals surface area contributed by atoms with Gasteiger partial charge in [0.25, 0.3) is 0 Å². The summed E-state index contributed by atoms with van der Waals surface area (Å²) >= 11 is 0. The Labute approximate surface area is 142 Å². The number of carbonyl (C=O) groups excluding carboxylic acids is 1. The Hall–Kier alpha value is -1.88. The van der Waals surface area contributed by atoms with Gasteiger partial charge in [-0.15, -0.1) is 0 Å². The molecule has 1 amide bonds. The Morgan fingerprint density at radius 1 is 1.33 bits per heavy atom. The first-order chi connectivity index (χ1) is 11.7. The minimum atomic E-state index is -0.000147. The number of benzene rings is 1. The number of aryl methyl sites for hydroxylation is 1. The van der Waals surface area contributed by atoms with Crippen molar-refractivity contribution in [2.24, 2.45) is 11.8 Å². The number of aromatic amines is 1. The highest BCUT2D eigenvalue weighted by molar-refractivity contribution is 5.78. The molecule has 2 aliphatic carbocycles.